The fourth-order valence-electron chi connectivity index (χ4n) is 1.10. The quantitative estimate of drug-likeness (QED) is 0.555. The van der Waals surface area contributed by atoms with E-state index in [0.29, 0.717) is 0 Å². The van der Waals surface area contributed by atoms with E-state index in [1.807, 2.05) is 0 Å². The SMILES string of the molecule is CCC1=C(F)CC(F)C=C1F. The molecule has 1 aliphatic carbocycles. The van der Waals surface area contributed by atoms with Crippen molar-refractivity contribution in [3.8, 4) is 0 Å². The average Bonchev–Trinajstić information content (AvgIpc) is 1.85. The van der Waals surface area contributed by atoms with Crippen molar-refractivity contribution < 1.29 is 13.2 Å². The first-order valence-corrected chi connectivity index (χ1v) is 3.54. The van der Waals surface area contributed by atoms with Gasteiger partial charge in [0.2, 0.25) is 0 Å². The van der Waals surface area contributed by atoms with Gasteiger partial charge >= 0.3 is 0 Å². The number of hydrogen-bond acceptors (Lipinski definition) is 0. The van der Waals surface area contributed by atoms with E-state index in [1.165, 1.54) is 0 Å². The molecule has 1 rings (SSSR count). The van der Waals surface area contributed by atoms with Crippen LogP contribution in [0.5, 0.6) is 0 Å². The Kier molecular flexibility index (Phi) is 2.37. The fraction of sp³-hybridized carbons (Fsp3) is 0.500. The van der Waals surface area contributed by atoms with Gasteiger partial charge in [-0.2, -0.15) is 0 Å². The minimum absolute atomic E-state index is 0.0129. The maximum absolute atomic E-state index is 12.7. The summed E-state index contributed by atoms with van der Waals surface area (Å²) in [5, 5.41) is 0. The lowest BCUT2D eigenvalue weighted by molar-refractivity contribution is 0.354. The van der Waals surface area contributed by atoms with Crippen LogP contribution in [0.25, 0.3) is 0 Å². The van der Waals surface area contributed by atoms with E-state index in [2.05, 4.69) is 0 Å². The van der Waals surface area contributed by atoms with E-state index in [-0.39, 0.29) is 18.4 Å². The highest BCUT2D eigenvalue weighted by Gasteiger charge is 2.20. The number of allylic oxidation sites excluding steroid dienone is 4. The average molecular weight is 162 g/mol. The summed E-state index contributed by atoms with van der Waals surface area (Å²) >= 11 is 0. The lowest BCUT2D eigenvalue weighted by Gasteiger charge is -2.12. The van der Waals surface area contributed by atoms with E-state index in [1.54, 1.807) is 6.92 Å². The first kappa shape index (κ1) is 8.37. The van der Waals surface area contributed by atoms with Gasteiger partial charge < -0.3 is 0 Å². The zero-order valence-electron chi connectivity index (χ0n) is 6.20. The maximum atomic E-state index is 12.7. The Morgan fingerprint density at radius 2 is 2.18 bits per heavy atom. The molecule has 0 saturated heterocycles. The second-order valence-corrected chi connectivity index (χ2v) is 2.47. The van der Waals surface area contributed by atoms with Gasteiger partial charge in [0.1, 0.15) is 17.8 Å². The largest absolute Gasteiger partial charge is 0.242 e. The maximum Gasteiger partial charge on any atom is 0.128 e. The highest BCUT2D eigenvalue weighted by molar-refractivity contribution is 5.32. The number of hydrogen-bond donors (Lipinski definition) is 0. The van der Waals surface area contributed by atoms with Crippen molar-refractivity contribution >= 4 is 0 Å². The van der Waals surface area contributed by atoms with E-state index >= 15 is 0 Å². The molecular weight excluding hydrogens is 153 g/mol. The molecule has 1 unspecified atom stereocenters. The Morgan fingerprint density at radius 3 is 2.64 bits per heavy atom. The van der Waals surface area contributed by atoms with Crippen molar-refractivity contribution in [1.29, 1.82) is 0 Å². The molecule has 0 nitrogen and oxygen atoms in total. The van der Waals surface area contributed by atoms with Crippen LogP contribution in [-0.2, 0) is 0 Å². The summed E-state index contributed by atoms with van der Waals surface area (Å²) in [5.74, 6) is -1.40. The summed E-state index contributed by atoms with van der Waals surface area (Å²) in [6, 6.07) is 0. The molecule has 1 aliphatic rings. The normalized spacial score (nSPS) is 25.5. The Labute approximate surface area is 63.4 Å². The van der Waals surface area contributed by atoms with Crippen LogP contribution >= 0.6 is 0 Å². The Bertz CT molecular complexity index is 215. The smallest absolute Gasteiger partial charge is 0.128 e. The lowest BCUT2D eigenvalue weighted by atomic mass is 10.0. The molecule has 0 bridgehead atoms. The van der Waals surface area contributed by atoms with Gasteiger partial charge in [-0.3, -0.25) is 0 Å². The molecule has 0 aromatic carbocycles. The summed E-state index contributed by atoms with van der Waals surface area (Å²) < 4.78 is 37.8. The van der Waals surface area contributed by atoms with Crippen LogP contribution in [-0.4, -0.2) is 6.17 Å². The summed E-state index contributed by atoms with van der Waals surface area (Å²) in [4.78, 5) is 0. The molecule has 62 valence electrons. The standard InChI is InChI=1S/C8H9F3/c1-2-6-7(10)3-5(9)4-8(6)11/h3,5H,2,4H2,1H3. The first-order valence-electron chi connectivity index (χ1n) is 3.54. The van der Waals surface area contributed by atoms with E-state index in [0.717, 1.165) is 6.08 Å². The number of rotatable bonds is 1. The van der Waals surface area contributed by atoms with Crippen molar-refractivity contribution in [3.05, 3.63) is 23.3 Å². The van der Waals surface area contributed by atoms with E-state index < -0.39 is 17.8 Å². The Hall–Kier alpha value is -0.730. The van der Waals surface area contributed by atoms with Crippen molar-refractivity contribution in [2.24, 2.45) is 0 Å². The Balaban J connectivity index is 2.90. The van der Waals surface area contributed by atoms with Gasteiger partial charge in [-0.1, -0.05) is 6.92 Å². The molecule has 11 heavy (non-hydrogen) atoms. The monoisotopic (exact) mass is 162 g/mol. The van der Waals surface area contributed by atoms with Gasteiger partial charge in [-0.25, -0.2) is 13.2 Å². The molecule has 0 N–H and O–H groups in total. The van der Waals surface area contributed by atoms with Crippen LogP contribution in [0.1, 0.15) is 19.8 Å². The molecule has 0 aliphatic heterocycles. The molecule has 3 heteroatoms. The van der Waals surface area contributed by atoms with Crippen LogP contribution in [0.4, 0.5) is 13.2 Å². The second kappa shape index (κ2) is 3.11. The molecule has 0 radical (unpaired) electrons. The van der Waals surface area contributed by atoms with E-state index in [9.17, 15) is 13.2 Å². The van der Waals surface area contributed by atoms with Crippen LogP contribution in [0.3, 0.4) is 0 Å². The number of alkyl halides is 1. The van der Waals surface area contributed by atoms with Gasteiger partial charge in [0.25, 0.3) is 0 Å². The minimum Gasteiger partial charge on any atom is -0.242 e. The number of halogens is 3. The molecule has 0 heterocycles. The highest BCUT2D eigenvalue weighted by Crippen LogP contribution is 2.30. The topological polar surface area (TPSA) is 0 Å². The van der Waals surface area contributed by atoms with Crippen LogP contribution < -0.4 is 0 Å². The summed E-state index contributed by atoms with van der Waals surface area (Å²) in [7, 11) is 0. The van der Waals surface area contributed by atoms with Gasteiger partial charge in [0, 0.05) is 12.0 Å². The zero-order valence-corrected chi connectivity index (χ0v) is 6.20. The Morgan fingerprint density at radius 1 is 1.55 bits per heavy atom. The van der Waals surface area contributed by atoms with Crippen LogP contribution in [0, 0.1) is 0 Å². The molecule has 1 atom stereocenters. The second-order valence-electron chi connectivity index (χ2n) is 2.47. The van der Waals surface area contributed by atoms with E-state index in [4.69, 9.17) is 0 Å². The van der Waals surface area contributed by atoms with Gasteiger partial charge in [0.05, 0.1) is 0 Å². The predicted molar refractivity (Wildman–Crippen MR) is 37.1 cm³/mol. The van der Waals surface area contributed by atoms with Crippen molar-refractivity contribution in [1.82, 2.24) is 0 Å². The van der Waals surface area contributed by atoms with Gasteiger partial charge in [-0.05, 0) is 12.5 Å². The molecule has 0 amide bonds. The third-order valence-electron chi connectivity index (χ3n) is 1.67. The molecule has 0 spiro atoms. The molecule has 0 aromatic rings. The van der Waals surface area contributed by atoms with Crippen molar-refractivity contribution in [3.63, 3.8) is 0 Å². The molecular formula is C8H9F3. The molecule has 0 fully saturated rings. The van der Waals surface area contributed by atoms with Gasteiger partial charge in [0.15, 0.2) is 0 Å². The summed E-state index contributed by atoms with van der Waals surface area (Å²) in [5.41, 5.74) is 0.0129. The third kappa shape index (κ3) is 1.64. The highest BCUT2D eigenvalue weighted by atomic mass is 19.2. The lowest BCUT2D eigenvalue weighted by Crippen LogP contribution is -2.05. The minimum atomic E-state index is -1.50. The molecule has 0 saturated carbocycles. The first-order chi connectivity index (χ1) is 5.15. The predicted octanol–water partition coefficient (Wildman–Crippen LogP) is 3.22. The van der Waals surface area contributed by atoms with Crippen LogP contribution in [0.15, 0.2) is 23.3 Å². The zero-order chi connectivity index (χ0) is 8.43. The third-order valence-corrected chi connectivity index (χ3v) is 1.67. The molecule has 0 aromatic heterocycles. The summed E-state index contributed by atoms with van der Waals surface area (Å²) in [6.45, 7) is 1.64. The van der Waals surface area contributed by atoms with Crippen LogP contribution in [0.2, 0.25) is 0 Å². The van der Waals surface area contributed by atoms with Crippen molar-refractivity contribution in [2.75, 3.05) is 0 Å². The summed E-state index contributed by atoms with van der Waals surface area (Å²) in [6.07, 6.45) is -0.704. The van der Waals surface area contributed by atoms with Crippen molar-refractivity contribution in [2.45, 2.75) is 25.9 Å². The van der Waals surface area contributed by atoms with Gasteiger partial charge in [-0.15, -0.1) is 0 Å². The fourth-order valence-corrected chi connectivity index (χ4v) is 1.10.